The average molecular weight is 268 g/mol. The van der Waals surface area contributed by atoms with Crippen LogP contribution in [0.15, 0.2) is 23.3 Å². The highest BCUT2D eigenvalue weighted by Gasteiger charge is 2.57. The van der Waals surface area contributed by atoms with Crippen molar-refractivity contribution in [3.8, 4) is 0 Å². The molecule has 8 heteroatoms. The van der Waals surface area contributed by atoms with E-state index >= 15 is 0 Å². The summed E-state index contributed by atoms with van der Waals surface area (Å²) in [6.07, 6.45) is 3.99. The first-order valence-electron chi connectivity index (χ1n) is 4.27. The van der Waals surface area contributed by atoms with Gasteiger partial charge in [0.05, 0.1) is 12.5 Å². The van der Waals surface area contributed by atoms with E-state index in [-0.39, 0.29) is 5.03 Å². The maximum atomic E-state index is 11.5. The minimum Gasteiger partial charge on any atom is -0.395 e. The van der Waals surface area contributed by atoms with Gasteiger partial charge in [0.2, 0.25) is 9.84 Å². The molecule has 1 aliphatic carbocycles. The van der Waals surface area contributed by atoms with E-state index in [1.54, 1.807) is 0 Å². The third-order valence-corrected chi connectivity index (χ3v) is 4.48. The lowest BCUT2D eigenvalue weighted by Crippen LogP contribution is -2.52. The molecule has 0 saturated heterocycles. The SMILES string of the molecule is CS(=O)(=O)C1([N+](=O)[O-])C=CC(Cl)=CC1CO. The van der Waals surface area contributed by atoms with E-state index in [4.69, 9.17) is 16.7 Å². The summed E-state index contributed by atoms with van der Waals surface area (Å²) in [6, 6.07) is 0. The first kappa shape index (κ1) is 13.1. The Morgan fingerprint density at radius 3 is 2.62 bits per heavy atom. The summed E-state index contributed by atoms with van der Waals surface area (Å²) in [5.74, 6) is -1.19. The van der Waals surface area contributed by atoms with Gasteiger partial charge in [-0.25, -0.2) is 8.42 Å². The second kappa shape index (κ2) is 4.15. The van der Waals surface area contributed by atoms with Crippen LogP contribution in [0.1, 0.15) is 0 Å². The molecule has 0 spiro atoms. The Kier molecular flexibility index (Phi) is 3.41. The van der Waals surface area contributed by atoms with E-state index in [1.165, 1.54) is 6.08 Å². The van der Waals surface area contributed by atoms with Crippen molar-refractivity contribution >= 4 is 21.4 Å². The summed E-state index contributed by atoms with van der Waals surface area (Å²) in [4.78, 5) is 7.74. The molecule has 1 N–H and O–H groups in total. The van der Waals surface area contributed by atoms with Crippen molar-refractivity contribution in [2.75, 3.05) is 12.9 Å². The molecular formula is C8H10ClNO5S. The number of halogens is 1. The summed E-state index contributed by atoms with van der Waals surface area (Å²) in [7, 11) is -4.02. The van der Waals surface area contributed by atoms with Crippen molar-refractivity contribution in [3.05, 3.63) is 33.4 Å². The van der Waals surface area contributed by atoms with Crippen molar-refractivity contribution in [1.29, 1.82) is 0 Å². The summed E-state index contributed by atoms with van der Waals surface area (Å²) < 4.78 is 23.1. The van der Waals surface area contributed by atoms with Crippen LogP contribution in [-0.2, 0) is 9.84 Å². The average Bonchev–Trinajstić information content (AvgIpc) is 2.15. The molecule has 0 aromatic rings. The van der Waals surface area contributed by atoms with Crippen LogP contribution in [0.3, 0.4) is 0 Å². The van der Waals surface area contributed by atoms with Crippen LogP contribution in [0.25, 0.3) is 0 Å². The number of hydrogen-bond acceptors (Lipinski definition) is 5. The molecule has 0 radical (unpaired) electrons. The van der Waals surface area contributed by atoms with Crippen molar-refractivity contribution in [3.63, 3.8) is 0 Å². The predicted octanol–water partition coefficient (Wildman–Crippen LogP) is 0.305. The van der Waals surface area contributed by atoms with E-state index in [9.17, 15) is 18.5 Å². The minimum absolute atomic E-state index is 0.167. The van der Waals surface area contributed by atoms with E-state index in [1.807, 2.05) is 0 Å². The minimum atomic E-state index is -4.02. The third-order valence-electron chi connectivity index (χ3n) is 2.45. The third kappa shape index (κ3) is 1.85. The van der Waals surface area contributed by atoms with Gasteiger partial charge in [-0.2, -0.15) is 0 Å². The van der Waals surface area contributed by atoms with Gasteiger partial charge in [-0.15, -0.1) is 0 Å². The monoisotopic (exact) mass is 267 g/mol. The fraction of sp³-hybridized carbons (Fsp3) is 0.500. The highest BCUT2D eigenvalue weighted by molar-refractivity contribution is 7.92. The molecule has 0 saturated carbocycles. The number of nitrogens with zero attached hydrogens (tertiary/aromatic N) is 1. The first-order chi connectivity index (χ1) is 7.25. The number of allylic oxidation sites excluding steroid dienone is 2. The van der Waals surface area contributed by atoms with Crippen LogP contribution in [0, 0.1) is 16.0 Å². The molecule has 0 amide bonds. The maximum absolute atomic E-state index is 11.5. The molecule has 1 rings (SSSR count). The van der Waals surface area contributed by atoms with Gasteiger partial charge in [0.1, 0.15) is 0 Å². The standard InChI is InChI=1S/C8H10ClNO5S/c1-16(14,15)8(10(12)13)3-2-7(9)4-6(8)5-11/h2-4,6,11H,5H2,1H3. The van der Waals surface area contributed by atoms with Gasteiger partial charge in [-0.3, -0.25) is 10.1 Å². The Bertz CT molecular complexity index is 469. The zero-order chi connectivity index (χ0) is 12.6. The van der Waals surface area contributed by atoms with Crippen LogP contribution in [0.5, 0.6) is 0 Å². The Morgan fingerprint density at radius 2 is 2.25 bits per heavy atom. The summed E-state index contributed by atoms with van der Waals surface area (Å²) >= 11 is 5.62. The summed E-state index contributed by atoms with van der Waals surface area (Å²) in [5, 5.41) is 20.2. The second-order valence-electron chi connectivity index (χ2n) is 3.46. The number of nitro groups is 1. The molecule has 16 heavy (non-hydrogen) atoms. The van der Waals surface area contributed by atoms with Gasteiger partial charge in [0, 0.05) is 22.3 Å². The second-order valence-corrected chi connectivity index (χ2v) is 6.09. The molecule has 1 aliphatic rings. The number of sulfone groups is 1. The van der Waals surface area contributed by atoms with Crippen LogP contribution in [-0.4, -0.2) is 36.2 Å². The van der Waals surface area contributed by atoms with Crippen molar-refractivity contribution < 1.29 is 18.4 Å². The fourth-order valence-electron chi connectivity index (χ4n) is 1.60. The largest absolute Gasteiger partial charge is 0.395 e. The van der Waals surface area contributed by atoms with Crippen LogP contribution >= 0.6 is 11.6 Å². The van der Waals surface area contributed by atoms with Gasteiger partial charge < -0.3 is 5.11 Å². The topological polar surface area (TPSA) is 97.5 Å². The highest BCUT2D eigenvalue weighted by Crippen LogP contribution is 2.35. The lowest BCUT2D eigenvalue weighted by Gasteiger charge is -2.28. The number of aliphatic hydroxyl groups excluding tert-OH is 1. The number of rotatable bonds is 3. The molecule has 6 nitrogen and oxygen atoms in total. The van der Waals surface area contributed by atoms with Crippen LogP contribution < -0.4 is 0 Å². The summed E-state index contributed by atoms with van der Waals surface area (Å²) in [5.41, 5.74) is 0. The van der Waals surface area contributed by atoms with E-state index < -0.39 is 32.2 Å². The molecule has 0 aromatic heterocycles. The summed E-state index contributed by atoms with van der Waals surface area (Å²) in [6.45, 7) is -0.672. The molecule has 2 atom stereocenters. The molecule has 0 fully saturated rings. The van der Waals surface area contributed by atoms with Crippen LogP contribution in [0.4, 0.5) is 0 Å². The molecule has 0 bridgehead atoms. The smallest absolute Gasteiger partial charge is 0.345 e. The Balaban J connectivity index is 3.45. The highest BCUT2D eigenvalue weighted by atomic mass is 35.5. The quantitative estimate of drug-likeness (QED) is 0.586. The fourth-order valence-corrected chi connectivity index (χ4v) is 3.10. The lowest BCUT2D eigenvalue weighted by atomic mass is 9.95. The molecular weight excluding hydrogens is 258 g/mol. The molecule has 90 valence electrons. The lowest BCUT2D eigenvalue weighted by molar-refractivity contribution is -0.535. The van der Waals surface area contributed by atoms with Gasteiger partial charge in [-0.1, -0.05) is 17.7 Å². The van der Waals surface area contributed by atoms with Crippen molar-refractivity contribution in [2.45, 2.75) is 4.87 Å². The Hall–Kier alpha value is -0.920. The van der Waals surface area contributed by atoms with Gasteiger partial charge in [-0.05, 0) is 6.08 Å². The van der Waals surface area contributed by atoms with E-state index in [2.05, 4.69) is 0 Å². The zero-order valence-electron chi connectivity index (χ0n) is 8.33. The van der Waals surface area contributed by atoms with Crippen LogP contribution in [0.2, 0.25) is 0 Å². The maximum Gasteiger partial charge on any atom is 0.345 e. The Morgan fingerprint density at radius 1 is 1.69 bits per heavy atom. The number of hydrogen-bond donors (Lipinski definition) is 1. The van der Waals surface area contributed by atoms with E-state index in [0.29, 0.717) is 0 Å². The zero-order valence-corrected chi connectivity index (χ0v) is 9.90. The molecule has 0 aromatic carbocycles. The molecule has 0 aliphatic heterocycles. The molecule has 0 heterocycles. The Labute approximate surface area is 97.3 Å². The molecule has 2 unspecified atom stereocenters. The van der Waals surface area contributed by atoms with Gasteiger partial charge in [0.25, 0.3) is 0 Å². The number of aliphatic hydroxyl groups is 1. The van der Waals surface area contributed by atoms with Gasteiger partial charge >= 0.3 is 4.87 Å². The normalized spacial score (nSPS) is 29.9. The van der Waals surface area contributed by atoms with Crippen molar-refractivity contribution in [1.82, 2.24) is 0 Å². The van der Waals surface area contributed by atoms with Gasteiger partial charge in [0.15, 0.2) is 0 Å². The predicted molar refractivity (Wildman–Crippen MR) is 58.2 cm³/mol. The first-order valence-corrected chi connectivity index (χ1v) is 6.54. The van der Waals surface area contributed by atoms with Crippen molar-refractivity contribution in [2.24, 2.45) is 5.92 Å². The van der Waals surface area contributed by atoms with E-state index in [0.717, 1.165) is 18.4 Å².